The number of benzene rings is 1. The Morgan fingerprint density at radius 1 is 1.15 bits per heavy atom. The number of halogens is 2. The van der Waals surface area contributed by atoms with Crippen LogP contribution in [0.5, 0.6) is 0 Å². The van der Waals surface area contributed by atoms with Crippen molar-refractivity contribution in [2.45, 2.75) is 12.8 Å². The first-order valence-electron chi connectivity index (χ1n) is 6.52. The highest BCUT2D eigenvalue weighted by Gasteiger charge is 2.12. The van der Waals surface area contributed by atoms with Crippen LogP contribution in [0, 0.1) is 5.82 Å². The van der Waals surface area contributed by atoms with Crippen molar-refractivity contribution in [3.63, 3.8) is 0 Å². The molecule has 0 bridgehead atoms. The van der Waals surface area contributed by atoms with Gasteiger partial charge in [0.05, 0.1) is 6.20 Å². The highest BCUT2D eigenvalue weighted by atomic mass is 35.5. The maximum absolute atomic E-state index is 13.5. The zero-order valence-corrected chi connectivity index (χ0v) is 11.6. The van der Waals surface area contributed by atoms with Crippen LogP contribution >= 0.6 is 11.6 Å². The summed E-state index contributed by atoms with van der Waals surface area (Å²) in [7, 11) is 0. The summed E-state index contributed by atoms with van der Waals surface area (Å²) < 4.78 is 13.5. The molecular weight excluding hydrogens is 279 g/mol. The molecule has 20 heavy (non-hydrogen) atoms. The summed E-state index contributed by atoms with van der Waals surface area (Å²) in [6.07, 6.45) is 3.53. The van der Waals surface area contributed by atoms with E-state index in [1.165, 1.54) is 18.5 Å². The predicted octanol–water partition coefficient (Wildman–Crippen LogP) is 3.61. The van der Waals surface area contributed by atoms with E-state index in [0.29, 0.717) is 0 Å². The first-order chi connectivity index (χ1) is 9.72. The number of aromatic nitrogens is 2. The molecule has 1 aromatic carbocycles. The summed E-state index contributed by atoms with van der Waals surface area (Å²) in [6.45, 7) is 2.20. The third kappa shape index (κ3) is 2.82. The fourth-order valence-corrected chi connectivity index (χ4v) is 2.43. The molecule has 1 aliphatic rings. The molecule has 0 spiro atoms. The number of nitrogens with one attached hydrogen (secondary N) is 1. The van der Waals surface area contributed by atoms with Gasteiger partial charge in [-0.2, -0.15) is 4.98 Å². The summed E-state index contributed by atoms with van der Waals surface area (Å²) >= 11 is 5.66. The van der Waals surface area contributed by atoms with E-state index in [0.717, 1.165) is 25.0 Å². The Labute approximate surface area is 121 Å². The van der Waals surface area contributed by atoms with Gasteiger partial charge in [0.2, 0.25) is 5.28 Å². The summed E-state index contributed by atoms with van der Waals surface area (Å²) in [5.74, 6) is -0.447. The van der Waals surface area contributed by atoms with Crippen LogP contribution < -0.4 is 10.2 Å². The first-order valence-corrected chi connectivity index (χ1v) is 6.90. The highest BCUT2D eigenvalue weighted by molar-refractivity contribution is 6.28. The van der Waals surface area contributed by atoms with Crippen molar-refractivity contribution in [3.05, 3.63) is 41.6 Å². The molecule has 104 valence electrons. The minimum atomic E-state index is -0.530. The second kappa shape index (κ2) is 5.63. The lowest BCUT2D eigenvalue weighted by Crippen LogP contribution is -2.17. The van der Waals surface area contributed by atoms with Crippen molar-refractivity contribution < 1.29 is 4.39 Å². The lowest BCUT2D eigenvalue weighted by Gasteiger charge is -2.17. The minimum Gasteiger partial charge on any atom is -0.372 e. The summed E-state index contributed by atoms with van der Waals surface area (Å²) in [5.41, 5.74) is 1.95. The molecule has 3 rings (SSSR count). The molecule has 1 saturated heterocycles. The van der Waals surface area contributed by atoms with Gasteiger partial charge in [-0.05, 0) is 48.7 Å². The van der Waals surface area contributed by atoms with Gasteiger partial charge in [0.15, 0.2) is 11.6 Å². The molecule has 1 aromatic heterocycles. The zero-order chi connectivity index (χ0) is 13.9. The van der Waals surface area contributed by atoms with E-state index in [1.807, 2.05) is 24.3 Å². The standard InChI is InChI=1S/C14H14ClFN4/c15-14-17-9-12(16)13(19-14)18-10-3-5-11(6-4-10)20-7-1-2-8-20/h3-6,9H,1-2,7-8H2,(H,17,18,19). The second-order valence-electron chi connectivity index (χ2n) is 4.70. The van der Waals surface area contributed by atoms with Gasteiger partial charge in [0.1, 0.15) is 0 Å². The maximum atomic E-state index is 13.5. The molecule has 0 saturated carbocycles. The lowest BCUT2D eigenvalue weighted by molar-refractivity contribution is 0.619. The topological polar surface area (TPSA) is 41.1 Å². The Hall–Kier alpha value is -1.88. The van der Waals surface area contributed by atoms with Crippen LogP contribution in [0.3, 0.4) is 0 Å². The normalized spacial score (nSPS) is 14.6. The quantitative estimate of drug-likeness (QED) is 0.878. The van der Waals surface area contributed by atoms with E-state index in [2.05, 4.69) is 20.2 Å². The van der Waals surface area contributed by atoms with Crippen molar-refractivity contribution in [1.29, 1.82) is 0 Å². The van der Waals surface area contributed by atoms with Crippen molar-refractivity contribution in [2.24, 2.45) is 0 Å². The minimum absolute atomic E-state index is 0.0163. The zero-order valence-electron chi connectivity index (χ0n) is 10.8. The van der Waals surface area contributed by atoms with Gasteiger partial charge in [-0.25, -0.2) is 9.37 Å². The molecule has 1 aliphatic heterocycles. The largest absolute Gasteiger partial charge is 0.372 e. The number of hydrogen-bond donors (Lipinski definition) is 1. The van der Waals surface area contributed by atoms with E-state index >= 15 is 0 Å². The molecule has 1 N–H and O–H groups in total. The molecule has 0 aliphatic carbocycles. The van der Waals surface area contributed by atoms with Crippen molar-refractivity contribution in [3.8, 4) is 0 Å². The van der Waals surface area contributed by atoms with Crippen LogP contribution in [0.2, 0.25) is 5.28 Å². The maximum Gasteiger partial charge on any atom is 0.224 e. The molecular formula is C14H14ClFN4. The van der Waals surface area contributed by atoms with Gasteiger partial charge < -0.3 is 10.2 Å². The van der Waals surface area contributed by atoms with Gasteiger partial charge in [-0.1, -0.05) is 0 Å². The van der Waals surface area contributed by atoms with Crippen LogP contribution in [0.15, 0.2) is 30.5 Å². The average Bonchev–Trinajstić information content (AvgIpc) is 2.98. The molecule has 0 amide bonds. The molecule has 0 radical (unpaired) electrons. The summed E-state index contributed by atoms with van der Waals surface area (Å²) in [6, 6.07) is 7.86. The van der Waals surface area contributed by atoms with Gasteiger partial charge in [-0.15, -0.1) is 0 Å². The summed E-state index contributed by atoms with van der Waals surface area (Å²) in [5, 5.41) is 2.92. The SMILES string of the molecule is Fc1cnc(Cl)nc1Nc1ccc(N2CCCC2)cc1. The van der Waals surface area contributed by atoms with E-state index in [-0.39, 0.29) is 11.1 Å². The average molecular weight is 293 g/mol. The van der Waals surface area contributed by atoms with Crippen LogP contribution in [-0.4, -0.2) is 23.1 Å². The van der Waals surface area contributed by atoms with E-state index in [1.54, 1.807) is 0 Å². The van der Waals surface area contributed by atoms with E-state index in [9.17, 15) is 4.39 Å². The number of anilines is 3. The summed E-state index contributed by atoms with van der Waals surface area (Å²) in [4.78, 5) is 9.74. The van der Waals surface area contributed by atoms with Crippen LogP contribution in [0.1, 0.15) is 12.8 Å². The Morgan fingerprint density at radius 2 is 1.85 bits per heavy atom. The molecule has 1 fully saturated rings. The third-order valence-corrected chi connectivity index (χ3v) is 3.50. The van der Waals surface area contributed by atoms with E-state index < -0.39 is 5.82 Å². The molecule has 6 heteroatoms. The van der Waals surface area contributed by atoms with E-state index in [4.69, 9.17) is 11.6 Å². The Bertz CT molecular complexity index is 597. The molecule has 2 heterocycles. The highest BCUT2D eigenvalue weighted by Crippen LogP contribution is 2.24. The number of rotatable bonds is 3. The van der Waals surface area contributed by atoms with Gasteiger partial charge in [-0.3, -0.25) is 0 Å². The fourth-order valence-electron chi connectivity index (χ4n) is 2.30. The van der Waals surface area contributed by atoms with Crippen LogP contribution in [0.4, 0.5) is 21.6 Å². The third-order valence-electron chi connectivity index (χ3n) is 3.32. The smallest absolute Gasteiger partial charge is 0.224 e. The molecule has 0 unspecified atom stereocenters. The van der Waals surface area contributed by atoms with Gasteiger partial charge in [0.25, 0.3) is 0 Å². The Balaban J connectivity index is 1.76. The van der Waals surface area contributed by atoms with Crippen molar-refractivity contribution >= 4 is 28.8 Å². The van der Waals surface area contributed by atoms with Crippen molar-refractivity contribution in [1.82, 2.24) is 9.97 Å². The number of hydrogen-bond acceptors (Lipinski definition) is 4. The molecule has 4 nitrogen and oxygen atoms in total. The fraction of sp³-hybridized carbons (Fsp3) is 0.286. The second-order valence-corrected chi connectivity index (χ2v) is 5.04. The van der Waals surface area contributed by atoms with Crippen molar-refractivity contribution in [2.75, 3.05) is 23.3 Å². The Morgan fingerprint density at radius 3 is 2.55 bits per heavy atom. The van der Waals surface area contributed by atoms with Crippen LogP contribution in [0.25, 0.3) is 0 Å². The first kappa shape index (κ1) is 13.1. The van der Waals surface area contributed by atoms with Gasteiger partial charge >= 0.3 is 0 Å². The van der Waals surface area contributed by atoms with Crippen LogP contribution in [-0.2, 0) is 0 Å². The number of nitrogens with zero attached hydrogens (tertiary/aromatic N) is 3. The Kier molecular flexibility index (Phi) is 3.69. The van der Waals surface area contributed by atoms with Gasteiger partial charge in [0, 0.05) is 24.5 Å². The monoisotopic (exact) mass is 292 g/mol. The predicted molar refractivity (Wildman–Crippen MR) is 78.2 cm³/mol. The lowest BCUT2D eigenvalue weighted by atomic mass is 10.2. The molecule has 0 atom stereocenters. The molecule has 2 aromatic rings.